The van der Waals surface area contributed by atoms with Gasteiger partial charge in [-0.2, -0.15) is 0 Å². The molecule has 0 aromatic carbocycles. The summed E-state index contributed by atoms with van der Waals surface area (Å²) in [5, 5.41) is 1.35. The first-order valence-corrected chi connectivity index (χ1v) is 11.1. The van der Waals surface area contributed by atoms with Gasteiger partial charge in [-0.05, 0) is 0 Å². The molecule has 16 heavy (non-hydrogen) atoms. The zero-order valence-corrected chi connectivity index (χ0v) is 12.9. The second-order valence-electron chi connectivity index (χ2n) is 2.80. The topological polar surface area (TPSA) is 25.8 Å². The van der Waals surface area contributed by atoms with Crippen molar-refractivity contribution < 1.29 is 0 Å². The maximum absolute atomic E-state index is 5.77. The molecule has 2 aromatic rings. The van der Waals surface area contributed by atoms with Crippen LogP contribution in [0.3, 0.4) is 0 Å². The molecule has 82 valence electrons. The van der Waals surface area contributed by atoms with Crippen LogP contribution >= 0.6 is 23.2 Å². The summed E-state index contributed by atoms with van der Waals surface area (Å²) in [6.45, 7) is 0. The summed E-state index contributed by atoms with van der Waals surface area (Å²) in [6, 6.07) is 7.69. The molecule has 0 aliphatic heterocycles. The summed E-state index contributed by atoms with van der Waals surface area (Å²) in [7, 11) is 0. The van der Waals surface area contributed by atoms with E-state index in [4.69, 9.17) is 23.2 Å². The molecule has 2 rings (SSSR count). The number of halogens is 2. The predicted octanol–water partition coefficient (Wildman–Crippen LogP) is 1.06. The van der Waals surface area contributed by atoms with Gasteiger partial charge >= 0.3 is 115 Å². The summed E-state index contributed by atoms with van der Waals surface area (Å²) < 4.78 is 2.21. The average molecular weight is 383 g/mol. The van der Waals surface area contributed by atoms with Gasteiger partial charge in [0.05, 0.1) is 0 Å². The van der Waals surface area contributed by atoms with E-state index in [1.165, 1.54) is 0 Å². The Bertz CT molecular complexity index is 414. The van der Waals surface area contributed by atoms with Crippen LogP contribution in [0.5, 0.6) is 0 Å². The molecule has 0 spiro atoms. The van der Waals surface area contributed by atoms with Gasteiger partial charge in [0, 0.05) is 0 Å². The Morgan fingerprint density at radius 1 is 0.750 bits per heavy atom. The molecule has 0 fully saturated rings. The predicted molar refractivity (Wildman–Crippen MR) is 69.3 cm³/mol. The normalized spacial score (nSPS) is 10.4. The summed E-state index contributed by atoms with van der Waals surface area (Å²) >= 11 is 12.2. The fraction of sp³-hybridized carbons (Fsp3) is 0. The van der Waals surface area contributed by atoms with Crippen molar-refractivity contribution >= 4 is 58.6 Å². The van der Waals surface area contributed by atoms with Crippen LogP contribution in [-0.4, -0.2) is 36.2 Å². The summed E-state index contributed by atoms with van der Waals surface area (Å²) in [6.07, 6.45) is 3.37. The van der Waals surface area contributed by atoms with Crippen molar-refractivity contribution in [3.05, 3.63) is 46.7 Å². The number of hydrogen-bond acceptors (Lipinski definition) is 2. The van der Waals surface area contributed by atoms with Crippen molar-refractivity contribution in [3.8, 4) is 0 Å². The Morgan fingerprint density at radius 3 is 1.50 bits per heavy atom. The van der Waals surface area contributed by atoms with E-state index in [2.05, 4.69) is 9.97 Å². The average Bonchev–Trinajstić information content (AvgIpc) is 2.30. The van der Waals surface area contributed by atoms with Gasteiger partial charge in [-0.3, -0.25) is 0 Å². The monoisotopic (exact) mass is 384 g/mol. The SMILES string of the molecule is Clc1ccc([Se][Se]c2ccc(Cl)cn2)nc1. The summed E-state index contributed by atoms with van der Waals surface area (Å²) in [5.74, 6) is 0. The molecule has 0 atom stereocenters. The van der Waals surface area contributed by atoms with E-state index in [9.17, 15) is 0 Å². The van der Waals surface area contributed by atoms with Crippen molar-refractivity contribution in [2.45, 2.75) is 0 Å². The summed E-state index contributed by atoms with van der Waals surface area (Å²) in [4.78, 5) is 8.54. The molecule has 6 heteroatoms. The van der Waals surface area contributed by atoms with Crippen molar-refractivity contribution in [1.29, 1.82) is 0 Å². The first-order valence-electron chi connectivity index (χ1n) is 4.32. The van der Waals surface area contributed by atoms with Gasteiger partial charge in [0.2, 0.25) is 0 Å². The van der Waals surface area contributed by atoms with Gasteiger partial charge in [0.15, 0.2) is 0 Å². The van der Waals surface area contributed by atoms with E-state index in [0.29, 0.717) is 36.3 Å². The molecule has 2 aromatic heterocycles. The third-order valence-corrected chi connectivity index (χ3v) is 8.60. The van der Waals surface area contributed by atoms with Gasteiger partial charge < -0.3 is 0 Å². The molecule has 0 unspecified atom stereocenters. The Hall–Kier alpha value is -0.0810. The number of pyridine rings is 2. The molecule has 0 radical (unpaired) electrons. The van der Waals surface area contributed by atoms with Crippen LogP contribution in [0.2, 0.25) is 10.0 Å². The van der Waals surface area contributed by atoms with Crippen LogP contribution in [0.15, 0.2) is 36.7 Å². The van der Waals surface area contributed by atoms with Gasteiger partial charge in [0.25, 0.3) is 0 Å². The van der Waals surface area contributed by atoms with Crippen molar-refractivity contribution in [2.75, 3.05) is 0 Å². The molecule has 0 aliphatic rings. The molecular weight excluding hydrogens is 377 g/mol. The molecule has 2 heterocycles. The second-order valence-corrected chi connectivity index (χ2v) is 9.76. The number of hydrogen-bond donors (Lipinski definition) is 0. The van der Waals surface area contributed by atoms with Crippen LogP contribution in [0.1, 0.15) is 0 Å². The molecule has 0 N–H and O–H groups in total. The zero-order valence-electron chi connectivity index (χ0n) is 7.93. The van der Waals surface area contributed by atoms with Crippen LogP contribution in [0.25, 0.3) is 0 Å². The van der Waals surface area contributed by atoms with Gasteiger partial charge in [-0.1, -0.05) is 0 Å². The van der Waals surface area contributed by atoms with Gasteiger partial charge in [0.1, 0.15) is 0 Å². The number of nitrogens with zero attached hydrogens (tertiary/aromatic N) is 2. The van der Waals surface area contributed by atoms with E-state index in [0.717, 1.165) is 9.18 Å². The number of aromatic nitrogens is 2. The molecule has 0 bridgehead atoms. The van der Waals surface area contributed by atoms with Crippen molar-refractivity contribution in [3.63, 3.8) is 0 Å². The van der Waals surface area contributed by atoms with E-state index in [-0.39, 0.29) is 0 Å². The third-order valence-electron chi connectivity index (χ3n) is 1.61. The van der Waals surface area contributed by atoms with Crippen LogP contribution < -0.4 is 9.18 Å². The van der Waals surface area contributed by atoms with Crippen molar-refractivity contribution in [1.82, 2.24) is 9.97 Å². The Kier molecular flexibility index (Phi) is 4.65. The quantitative estimate of drug-likeness (QED) is 0.742. The van der Waals surface area contributed by atoms with E-state index >= 15 is 0 Å². The molecule has 2 nitrogen and oxygen atoms in total. The molecule has 0 saturated heterocycles. The third kappa shape index (κ3) is 3.74. The maximum atomic E-state index is 5.77. The Morgan fingerprint density at radius 2 is 1.19 bits per heavy atom. The van der Waals surface area contributed by atoms with E-state index in [1.54, 1.807) is 12.4 Å². The Balaban J connectivity index is 1.97. The van der Waals surface area contributed by atoms with Gasteiger partial charge in [-0.15, -0.1) is 0 Å². The van der Waals surface area contributed by atoms with E-state index in [1.807, 2.05) is 24.3 Å². The first-order chi connectivity index (χ1) is 7.74. The van der Waals surface area contributed by atoms with Gasteiger partial charge in [-0.25, -0.2) is 0 Å². The van der Waals surface area contributed by atoms with Crippen LogP contribution in [-0.2, 0) is 0 Å². The first kappa shape index (κ1) is 12.4. The Labute approximate surface area is 115 Å². The molecule has 0 aliphatic carbocycles. The number of rotatable bonds is 3. The fourth-order valence-electron chi connectivity index (χ4n) is 0.908. The second kappa shape index (κ2) is 6.02. The van der Waals surface area contributed by atoms with Crippen molar-refractivity contribution in [2.24, 2.45) is 0 Å². The zero-order chi connectivity index (χ0) is 11.4. The fourth-order valence-corrected chi connectivity index (χ4v) is 6.42. The summed E-state index contributed by atoms with van der Waals surface area (Å²) in [5.41, 5.74) is 0. The van der Waals surface area contributed by atoms with Crippen LogP contribution in [0, 0.1) is 0 Å². The minimum atomic E-state index is 0.346. The van der Waals surface area contributed by atoms with Crippen LogP contribution in [0.4, 0.5) is 0 Å². The van der Waals surface area contributed by atoms with E-state index < -0.39 is 0 Å². The molecular formula is C10H6Cl2N2Se2. The standard InChI is InChI=1S/C10H6Cl2N2Se2/c11-7-1-3-9(13-5-7)15-16-10-4-2-8(12)6-14-10/h1-6H. The molecule has 0 amide bonds. The minimum absolute atomic E-state index is 0.346. The molecule has 0 saturated carbocycles.